The molecular weight excluding hydrogens is 262 g/mol. The summed E-state index contributed by atoms with van der Waals surface area (Å²) in [5.41, 5.74) is 1.67. The van der Waals surface area contributed by atoms with Crippen LogP contribution in [-0.2, 0) is 10.0 Å². The van der Waals surface area contributed by atoms with Gasteiger partial charge in [0, 0.05) is 25.5 Å². The van der Waals surface area contributed by atoms with Crippen molar-refractivity contribution >= 4 is 21.4 Å². The normalized spacial score (nSPS) is 17.2. The molecule has 0 saturated carbocycles. The minimum Gasteiger partial charge on any atom is -0.378 e. The van der Waals surface area contributed by atoms with Crippen molar-refractivity contribution < 1.29 is 8.42 Å². The molecule has 1 aromatic rings. The molecule has 2 rings (SSSR count). The number of sulfonamides is 1. The summed E-state index contributed by atoms with van der Waals surface area (Å²) in [4.78, 5) is 1.98. The molecule has 1 aliphatic heterocycles. The highest BCUT2D eigenvalue weighted by molar-refractivity contribution is 7.93. The molecule has 0 aromatic heterocycles. The summed E-state index contributed by atoms with van der Waals surface area (Å²) in [5.74, 6) is 0. The Morgan fingerprint density at radius 3 is 2.26 bits per heavy atom. The number of nitrogens with zero attached hydrogens (tertiary/aromatic N) is 1. The summed E-state index contributed by atoms with van der Waals surface area (Å²) in [5, 5.41) is 2.88. The second-order valence-corrected chi connectivity index (χ2v) is 7.00. The van der Waals surface area contributed by atoms with E-state index < -0.39 is 10.0 Å². The van der Waals surface area contributed by atoms with Crippen molar-refractivity contribution in [2.45, 2.75) is 18.1 Å². The molecule has 2 N–H and O–H groups in total. The molecule has 106 valence electrons. The van der Waals surface area contributed by atoms with Crippen LogP contribution in [-0.4, -0.2) is 40.9 Å². The Morgan fingerprint density at radius 2 is 1.74 bits per heavy atom. The van der Waals surface area contributed by atoms with Gasteiger partial charge >= 0.3 is 0 Å². The highest BCUT2D eigenvalue weighted by Crippen LogP contribution is 2.20. The SMILES string of the molecule is CN(C)c1ccc(NS(=O)(=O)C2CCNCC2)cc1. The van der Waals surface area contributed by atoms with Crippen LogP contribution in [0.4, 0.5) is 11.4 Å². The first-order chi connectivity index (χ1) is 8.99. The van der Waals surface area contributed by atoms with Crippen molar-refractivity contribution in [1.29, 1.82) is 0 Å². The Bertz CT molecular complexity index is 505. The van der Waals surface area contributed by atoms with Crippen molar-refractivity contribution in [3.05, 3.63) is 24.3 Å². The lowest BCUT2D eigenvalue weighted by atomic mass is 10.2. The minimum absolute atomic E-state index is 0.290. The van der Waals surface area contributed by atoms with E-state index in [2.05, 4.69) is 10.0 Å². The fourth-order valence-corrected chi connectivity index (χ4v) is 3.67. The molecule has 6 heteroatoms. The van der Waals surface area contributed by atoms with Gasteiger partial charge in [0.1, 0.15) is 0 Å². The van der Waals surface area contributed by atoms with Crippen LogP contribution >= 0.6 is 0 Å². The predicted molar refractivity (Wildman–Crippen MR) is 79.2 cm³/mol. The number of nitrogens with one attached hydrogen (secondary N) is 2. The predicted octanol–water partition coefficient (Wildman–Crippen LogP) is 1.25. The van der Waals surface area contributed by atoms with Gasteiger partial charge < -0.3 is 10.2 Å². The fourth-order valence-electron chi connectivity index (χ4n) is 2.18. The Kier molecular flexibility index (Phi) is 4.31. The third-order valence-electron chi connectivity index (χ3n) is 3.37. The monoisotopic (exact) mass is 283 g/mol. The molecule has 19 heavy (non-hydrogen) atoms. The quantitative estimate of drug-likeness (QED) is 0.873. The van der Waals surface area contributed by atoms with Gasteiger partial charge in [-0.25, -0.2) is 8.42 Å². The summed E-state index contributed by atoms with van der Waals surface area (Å²) in [6.45, 7) is 1.54. The number of hydrogen-bond acceptors (Lipinski definition) is 4. The van der Waals surface area contributed by atoms with Crippen LogP contribution in [0, 0.1) is 0 Å². The van der Waals surface area contributed by atoms with E-state index in [1.165, 1.54) is 0 Å². The molecule has 0 amide bonds. The maximum absolute atomic E-state index is 12.2. The first kappa shape index (κ1) is 14.1. The van der Waals surface area contributed by atoms with Gasteiger partial charge in [0.05, 0.1) is 5.25 Å². The zero-order valence-electron chi connectivity index (χ0n) is 11.4. The Morgan fingerprint density at radius 1 is 1.16 bits per heavy atom. The maximum atomic E-state index is 12.2. The van der Waals surface area contributed by atoms with E-state index in [9.17, 15) is 8.42 Å². The number of rotatable bonds is 4. The van der Waals surface area contributed by atoms with Crippen LogP contribution in [0.1, 0.15) is 12.8 Å². The van der Waals surface area contributed by atoms with E-state index in [4.69, 9.17) is 0 Å². The summed E-state index contributed by atoms with van der Waals surface area (Å²) >= 11 is 0. The lowest BCUT2D eigenvalue weighted by Crippen LogP contribution is -2.38. The third-order valence-corrected chi connectivity index (χ3v) is 5.24. The lowest BCUT2D eigenvalue weighted by Gasteiger charge is -2.23. The summed E-state index contributed by atoms with van der Waals surface area (Å²) in [7, 11) is 0.632. The molecular formula is C13H21N3O2S. The molecule has 1 fully saturated rings. The van der Waals surface area contributed by atoms with Gasteiger partial charge in [0.25, 0.3) is 0 Å². The molecule has 1 saturated heterocycles. The molecule has 1 heterocycles. The van der Waals surface area contributed by atoms with Gasteiger partial charge in [-0.1, -0.05) is 0 Å². The van der Waals surface area contributed by atoms with Crippen molar-refractivity contribution in [3.63, 3.8) is 0 Å². The average Bonchev–Trinajstić information content (AvgIpc) is 2.40. The largest absolute Gasteiger partial charge is 0.378 e. The van der Waals surface area contributed by atoms with Gasteiger partial charge in [0.15, 0.2) is 0 Å². The highest BCUT2D eigenvalue weighted by Gasteiger charge is 2.26. The van der Waals surface area contributed by atoms with Crippen LogP contribution in [0.15, 0.2) is 24.3 Å². The fraction of sp³-hybridized carbons (Fsp3) is 0.538. The second kappa shape index (κ2) is 5.79. The van der Waals surface area contributed by atoms with Crippen LogP contribution in [0.5, 0.6) is 0 Å². The summed E-state index contributed by atoms with van der Waals surface area (Å²) in [6.07, 6.45) is 1.34. The molecule has 0 atom stereocenters. The first-order valence-electron chi connectivity index (χ1n) is 6.49. The highest BCUT2D eigenvalue weighted by atomic mass is 32.2. The standard InChI is InChI=1S/C13H21N3O2S/c1-16(2)12-5-3-11(4-6-12)15-19(17,18)13-7-9-14-10-8-13/h3-6,13-15H,7-10H2,1-2H3. The van der Waals surface area contributed by atoms with Crippen molar-refractivity contribution in [2.75, 3.05) is 36.8 Å². The van der Waals surface area contributed by atoms with Gasteiger partial charge in [-0.2, -0.15) is 0 Å². The smallest absolute Gasteiger partial charge is 0.235 e. The van der Waals surface area contributed by atoms with Crippen LogP contribution in [0.25, 0.3) is 0 Å². The number of hydrogen-bond donors (Lipinski definition) is 2. The molecule has 0 aliphatic carbocycles. The van der Waals surface area contributed by atoms with Crippen LogP contribution in [0.3, 0.4) is 0 Å². The molecule has 0 unspecified atom stereocenters. The van der Waals surface area contributed by atoms with Gasteiger partial charge in [-0.3, -0.25) is 4.72 Å². The Balaban J connectivity index is 2.06. The van der Waals surface area contributed by atoms with E-state index in [1.54, 1.807) is 12.1 Å². The van der Waals surface area contributed by atoms with E-state index in [-0.39, 0.29) is 5.25 Å². The maximum Gasteiger partial charge on any atom is 0.235 e. The molecule has 5 nitrogen and oxygen atoms in total. The first-order valence-corrected chi connectivity index (χ1v) is 8.03. The zero-order chi connectivity index (χ0) is 13.9. The zero-order valence-corrected chi connectivity index (χ0v) is 12.2. The second-order valence-electron chi connectivity index (χ2n) is 5.04. The van der Waals surface area contributed by atoms with Gasteiger partial charge in [0.2, 0.25) is 10.0 Å². The lowest BCUT2D eigenvalue weighted by molar-refractivity contribution is 0.499. The molecule has 0 radical (unpaired) electrons. The Labute approximate surface area is 115 Å². The van der Waals surface area contributed by atoms with E-state index >= 15 is 0 Å². The van der Waals surface area contributed by atoms with Gasteiger partial charge in [-0.05, 0) is 50.2 Å². The van der Waals surface area contributed by atoms with Crippen molar-refractivity contribution in [3.8, 4) is 0 Å². The van der Waals surface area contributed by atoms with Crippen molar-refractivity contribution in [1.82, 2.24) is 5.32 Å². The number of piperidine rings is 1. The topological polar surface area (TPSA) is 61.4 Å². The molecule has 0 bridgehead atoms. The number of anilines is 2. The number of benzene rings is 1. The average molecular weight is 283 g/mol. The summed E-state index contributed by atoms with van der Waals surface area (Å²) < 4.78 is 27.1. The minimum atomic E-state index is -3.27. The molecule has 0 spiro atoms. The van der Waals surface area contributed by atoms with E-state index in [0.29, 0.717) is 18.5 Å². The van der Waals surface area contributed by atoms with Crippen molar-refractivity contribution in [2.24, 2.45) is 0 Å². The van der Waals surface area contributed by atoms with Crippen LogP contribution in [0.2, 0.25) is 0 Å². The summed E-state index contributed by atoms with van der Waals surface area (Å²) in [6, 6.07) is 7.41. The third kappa shape index (κ3) is 3.61. The molecule has 1 aromatic carbocycles. The van der Waals surface area contributed by atoms with Gasteiger partial charge in [-0.15, -0.1) is 0 Å². The molecule has 1 aliphatic rings. The van der Waals surface area contributed by atoms with E-state index in [1.807, 2.05) is 31.1 Å². The van der Waals surface area contributed by atoms with E-state index in [0.717, 1.165) is 18.8 Å². The van der Waals surface area contributed by atoms with Crippen LogP contribution < -0.4 is 14.9 Å². The Hall–Kier alpha value is -1.27.